The number of hydrogen-bond acceptors (Lipinski definition) is 4. The van der Waals surface area contributed by atoms with Crippen molar-refractivity contribution in [2.45, 2.75) is 0 Å². The first-order chi connectivity index (χ1) is 6.33. The molecule has 13 heavy (non-hydrogen) atoms. The van der Waals surface area contributed by atoms with E-state index in [9.17, 15) is 0 Å². The lowest BCUT2D eigenvalue weighted by Gasteiger charge is -2.03. The molecule has 0 spiro atoms. The molecule has 0 aliphatic carbocycles. The van der Waals surface area contributed by atoms with Crippen LogP contribution >= 0.6 is 0 Å². The zero-order valence-electron chi connectivity index (χ0n) is 6.94. The summed E-state index contributed by atoms with van der Waals surface area (Å²) in [4.78, 5) is 4.08. The second-order valence-electron chi connectivity index (χ2n) is 2.51. The van der Waals surface area contributed by atoms with E-state index in [2.05, 4.69) is 22.3 Å². The average Bonchev–Trinajstić information content (AvgIpc) is 2.50. The molecule has 0 aliphatic rings. The maximum absolute atomic E-state index is 5.64. The summed E-state index contributed by atoms with van der Waals surface area (Å²) in [6, 6.07) is 1.79. The van der Waals surface area contributed by atoms with Crippen LogP contribution in [0, 0.1) is 13.5 Å². The first-order valence-corrected chi connectivity index (χ1v) is 3.78. The third-order valence-corrected chi connectivity index (χ3v) is 1.68. The minimum atomic E-state index is 0.563. The monoisotopic (exact) mass is 175 g/mol. The molecule has 0 saturated heterocycles. The molecule has 0 unspecified atom stereocenters. The largest absolute Gasteiger partial charge is 0.394 e. The second-order valence-corrected chi connectivity index (χ2v) is 2.51. The van der Waals surface area contributed by atoms with E-state index >= 15 is 0 Å². The van der Waals surface area contributed by atoms with Crippen LogP contribution in [-0.4, -0.2) is 14.6 Å². The smallest absolute Gasteiger partial charge is 0.180 e. The Labute approximate surface area is 75.6 Å². The van der Waals surface area contributed by atoms with Crippen molar-refractivity contribution >= 4 is 17.2 Å². The Morgan fingerprint density at radius 1 is 1.62 bits per heavy atom. The SMILES string of the molecule is [CH2][CH]Nc1ccnc2c(N)cnn12. The molecule has 0 amide bonds. The Hall–Kier alpha value is -1.78. The molecule has 2 radical (unpaired) electrons. The van der Waals surface area contributed by atoms with Crippen LogP contribution < -0.4 is 11.1 Å². The van der Waals surface area contributed by atoms with Crippen LogP contribution in [0.1, 0.15) is 0 Å². The lowest BCUT2D eigenvalue weighted by Crippen LogP contribution is -2.01. The number of nitrogens with two attached hydrogens (primary N) is 1. The zero-order chi connectivity index (χ0) is 9.26. The lowest BCUT2D eigenvalue weighted by atomic mass is 10.5. The van der Waals surface area contributed by atoms with Crippen molar-refractivity contribution in [1.82, 2.24) is 14.6 Å². The number of nitrogens with zero attached hydrogens (tertiary/aromatic N) is 3. The fourth-order valence-electron chi connectivity index (χ4n) is 1.12. The highest BCUT2D eigenvalue weighted by Crippen LogP contribution is 2.14. The summed E-state index contributed by atoms with van der Waals surface area (Å²) in [7, 11) is 0. The van der Waals surface area contributed by atoms with Gasteiger partial charge in [0.2, 0.25) is 0 Å². The van der Waals surface area contributed by atoms with Crippen LogP contribution in [0.2, 0.25) is 0 Å². The van der Waals surface area contributed by atoms with Gasteiger partial charge in [-0.05, 0) is 13.0 Å². The molecule has 0 atom stereocenters. The minimum absolute atomic E-state index is 0.563. The van der Waals surface area contributed by atoms with Gasteiger partial charge in [-0.15, -0.1) is 0 Å². The summed E-state index contributed by atoms with van der Waals surface area (Å²) in [6.45, 7) is 5.14. The Balaban J connectivity index is 2.63. The number of aromatic nitrogens is 3. The Kier molecular flexibility index (Phi) is 1.77. The predicted octanol–water partition coefficient (Wildman–Crippen LogP) is 0.719. The van der Waals surface area contributed by atoms with Crippen LogP contribution in [0.4, 0.5) is 11.5 Å². The highest BCUT2D eigenvalue weighted by Gasteiger charge is 2.03. The second kappa shape index (κ2) is 2.93. The van der Waals surface area contributed by atoms with Crippen molar-refractivity contribution in [3.63, 3.8) is 0 Å². The lowest BCUT2D eigenvalue weighted by molar-refractivity contribution is 0.944. The molecule has 0 saturated carbocycles. The normalized spacial score (nSPS) is 10.5. The molecule has 0 aromatic carbocycles. The van der Waals surface area contributed by atoms with Gasteiger partial charge in [-0.3, -0.25) is 0 Å². The van der Waals surface area contributed by atoms with Crippen molar-refractivity contribution in [3.05, 3.63) is 31.9 Å². The van der Waals surface area contributed by atoms with E-state index in [4.69, 9.17) is 5.73 Å². The van der Waals surface area contributed by atoms with E-state index in [1.807, 2.05) is 0 Å². The minimum Gasteiger partial charge on any atom is -0.394 e. The summed E-state index contributed by atoms with van der Waals surface area (Å²) in [6.07, 6.45) is 3.23. The molecule has 3 N–H and O–H groups in total. The van der Waals surface area contributed by atoms with Crippen molar-refractivity contribution in [3.8, 4) is 0 Å². The van der Waals surface area contributed by atoms with Gasteiger partial charge in [0, 0.05) is 12.7 Å². The van der Waals surface area contributed by atoms with Crippen molar-refractivity contribution in [2.24, 2.45) is 0 Å². The van der Waals surface area contributed by atoms with Gasteiger partial charge < -0.3 is 11.1 Å². The van der Waals surface area contributed by atoms with Gasteiger partial charge in [0.1, 0.15) is 5.82 Å². The topological polar surface area (TPSA) is 68.2 Å². The highest BCUT2D eigenvalue weighted by molar-refractivity contribution is 5.65. The molecule has 0 bridgehead atoms. The third-order valence-electron chi connectivity index (χ3n) is 1.68. The van der Waals surface area contributed by atoms with E-state index in [-0.39, 0.29) is 0 Å². The zero-order valence-corrected chi connectivity index (χ0v) is 6.94. The molecular weight excluding hydrogens is 166 g/mol. The first kappa shape index (κ1) is 7.85. The van der Waals surface area contributed by atoms with Crippen LogP contribution in [-0.2, 0) is 0 Å². The van der Waals surface area contributed by atoms with Gasteiger partial charge in [0.25, 0.3) is 0 Å². The maximum Gasteiger partial charge on any atom is 0.180 e. The summed E-state index contributed by atoms with van der Waals surface area (Å²) in [5.41, 5.74) is 6.85. The summed E-state index contributed by atoms with van der Waals surface area (Å²) < 4.78 is 1.62. The van der Waals surface area contributed by atoms with Crippen LogP contribution in [0.3, 0.4) is 0 Å². The van der Waals surface area contributed by atoms with E-state index < -0.39 is 0 Å². The molecule has 0 aliphatic heterocycles. The molecule has 2 aromatic rings. The Bertz CT molecular complexity index is 419. The number of rotatable bonds is 2. The van der Waals surface area contributed by atoms with E-state index in [1.165, 1.54) is 0 Å². The molecule has 66 valence electrons. The molecule has 5 heteroatoms. The number of anilines is 2. The molecule has 2 rings (SSSR count). The van der Waals surface area contributed by atoms with Crippen LogP contribution in [0.15, 0.2) is 18.5 Å². The number of nitrogen functional groups attached to an aromatic ring is 1. The quantitative estimate of drug-likeness (QED) is 0.705. The Morgan fingerprint density at radius 2 is 2.46 bits per heavy atom. The third kappa shape index (κ3) is 1.18. The molecule has 2 heterocycles. The first-order valence-electron chi connectivity index (χ1n) is 3.78. The number of fused-ring (bicyclic) bond motifs is 1. The molecular formula is C8H9N5. The number of nitrogens with one attached hydrogen (secondary N) is 1. The van der Waals surface area contributed by atoms with Crippen molar-refractivity contribution in [2.75, 3.05) is 11.1 Å². The number of hydrogen-bond donors (Lipinski definition) is 2. The van der Waals surface area contributed by atoms with Crippen LogP contribution in [0.5, 0.6) is 0 Å². The molecule has 2 aromatic heterocycles. The summed E-state index contributed by atoms with van der Waals surface area (Å²) in [5, 5.41) is 6.99. The fourth-order valence-corrected chi connectivity index (χ4v) is 1.12. The highest BCUT2D eigenvalue weighted by atomic mass is 15.3. The summed E-state index contributed by atoms with van der Waals surface area (Å²) in [5.74, 6) is 0.789. The molecule has 0 fully saturated rings. The van der Waals surface area contributed by atoms with Crippen molar-refractivity contribution in [1.29, 1.82) is 0 Å². The van der Waals surface area contributed by atoms with Crippen molar-refractivity contribution < 1.29 is 0 Å². The van der Waals surface area contributed by atoms with Gasteiger partial charge in [-0.25, -0.2) is 4.98 Å². The molecule has 5 nitrogen and oxygen atoms in total. The summed E-state index contributed by atoms with van der Waals surface area (Å²) >= 11 is 0. The van der Waals surface area contributed by atoms with Gasteiger partial charge >= 0.3 is 0 Å². The van der Waals surface area contributed by atoms with Gasteiger partial charge in [-0.1, -0.05) is 0 Å². The van der Waals surface area contributed by atoms with Gasteiger partial charge in [-0.2, -0.15) is 9.61 Å². The maximum atomic E-state index is 5.64. The van der Waals surface area contributed by atoms with E-state index in [0.29, 0.717) is 11.3 Å². The Morgan fingerprint density at radius 3 is 3.23 bits per heavy atom. The van der Waals surface area contributed by atoms with E-state index in [1.54, 1.807) is 29.5 Å². The van der Waals surface area contributed by atoms with Crippen LogP contribution in [0.25, 0.3) is 5.65 Å². The van der Waals surface area contributed by atoms with E-state index in [0.717, 1.165) is 5.82 Å². The fraction of sp³-hybridized carbons (Fsp3) is 0. The average molecular weight is 175 g/mol. The van der Waals surface area contributed by atoms with Gasteiger partial charge in [0.15, 0.2) is 5.65 Å². The standard InChI is InChI=1S/C8H9N5/c1-2-10-7-3-4-11-8-6(9)5-12-13(7)8/h2-5,10H,1,9H2. The predicted molar refractivity (Wildman–Crippen MR) is 50.7 cm³/mol. The van der Waals surface area contributed by atoms with Gasteiger partial charge in [0.05, 0.1) is 11.9 Å².